The van der Waals surface area contributed by atoms with Crippen molar-refractivity contribution in [3.05, 3.63) is 65.2 Å². The van der Waals surface area contributed by atoms with E-state index in [0.717, 1.165) is 11.3 Å². The van der Waals surface area contributed by atoms with Crippen molar-refractivity contribution in [1.29, 1.82) is 0 Å². The molecule has 1 unspecified atom stereocenters. The monoisotopic (exact) mass is 394 g/mol. The fraction of sp³-hybridized carbons (Fsp3) is 0.348. The lowest BCUT2D eigenvalue weighted by molar-refractivity contribution is -0.121. The summed E-state index contributed by atoms with van der Waals surface area (Å²) in [6.45, 7) is 6.09. The van der Waals surface area contributed by atoms with Gasteiger partial charge >= 0.3 is 0 Å². The lowest BCUT2D eigenvalue weighted by atomic mass is 10.1. The van der Waals surface area contributed by atoms with E-state index in [0.29, 0.717) is 17.5 Å². The van der Waals surface area contributed by atoms with Crippen molar-refractivity contribution in [3.63, 3.8) is 0 Å². The topological polar surface area (TPSA) is 75.7 Å². The normalized spacial score (nSPS) is 14.1. The van der Waals surface area contributed by atoms with Gasteiger partial charge in [-0.1, -0.05) is 24.3 Å². The van der Waals surface area contributed by atoms with Crippen LogP contribution >= 0.6 is 0 Å². The zero-order chi connectivity index (χ0) is 21.0. The zero-order valence-corrected chi connectivity index (χ0v) is 17.0. The Balaban J connectivity index is 1.47. The van der Waals surface area contributed by atoms with Gasteiger partial charge in [0.1, 0.15) is 5.75 Å². The minimum absolute atomic E-state index is 0.111. The SMILES string of the molecule is CC(C)Oc1ccc(C(C)NC(=O)CCCN2C(=O)c3ccccc3C2=O)cc1. The highest BCUT2D eigenvalue weighted by Crippen LogP contribution is 2.23. The number of benzene rings is 2. The van der Waals surface area contributed by atoms with Gasteiger partial charge in [-0.05, 0) is 57.0 Å². The van der Waals surface area contributed by atoms with E-state index < -0.39 is 0 Å². The molecule has 1 aliphatic heterocycles. The van der Waals surface area contributed by atoms with Crippen molar-refractivity contribution in [2.45, 2.75) is 45.8 Å². The summed E-state index contributed by atoms with van der Waals surface area (Å²) in [6, 6.07) is 14.3. The Hall–Kier alpha value is -3.15. The summed E-state index contributed by atoms with van der Waals surface area (Å²) >= 11 is 0. The third-order valence-corrected chi connectivity index (χ3v) is 4.79. The highest BCUT2D eigenvalue weighted by Gasteiger charge is 2.34. The standard InChI is InChI=1S/C23H26N2O4/c1-15(2)29-18-12-10-17(11-13-18)16(3)24-21(26)9-6-14-25-22(27)19-7-4-5-8-20(19)23(25)28/h4-5,7-8,10-13,15-16H,6,9,14H2,1-3H3,(H,24,26). The van der Waals surface area contributed by atoms with Crippen LogP contribution in [0.25, 0.3) is 0 Å². The van der Waals surface area contributed by atoms with E-state index in [1.54, 1.807) is 24.3 Å². The predicted molar refractivity (Wildman–Crippen MR) is 110 cm³/mol. The number of carbonyl (C=O) groups excluding carboxylic acids is 3. The van der Waals surface area contributed by atoms with E-state index in [1.165, 1.54) is 4.90 Å². The van der Waals surface area contributed by atoms with E-state index in [-0.39, 0.29) is 42.8 Å². The van der Waals surface area contributed by atoms with Crippen molar-refractivity contribution in [2.24, 2.45) is 0 Å². The molecule has 0 saturated carbocycles. The maximum Gasteiger partial charge on any atom is 0.261 e. The summed E-state index contributed by atoms with van der Waals surface area (Å²) < 4.78 is 5.63. The first-order valence-corrected chi connectivity index (χ1v) is 9.88. The smallest absolute Gasteiger partial charge is 0.261 e. The van der Waals surface area contributed by atoms with Gasteiger partial charge in [0.15, 0.2) is 0 Å². The summed E-state index contributed by atoms with van der Waals surface area (Å²) in [4.78, 5) is 38.2. The second-order valence-electron chi connectivity index (χ2n) is 7.44. The minimum atomic E-state index is -0.289. The first kappa shape index (κ1) is 20.6. The summed E-state index contributed by atoms with van der Waals surface area (Å²) in [5.74, 6) is 0.103. The summed E-state index contributed by atoms with van der Waals surface area (Å²) in [5.41, 5.74) is 1.84. The Morgan fingerprint density at radius 2 is 1.55 bits per heavy atom. The van der Waals surface area contributed by atoms with Crippen LogP contribution in [0, 0.1) is 0 Å². The zero-order valence-electron chi connectivity index (χ0n) is 17.0. The lowest BCUT2D eigenvalue weighted by Gasteiger charge is -2.17. The van der Waals surface area contributed by atoms with Gasteiger partial charge in [0.05, 0.1) is 23.3 Å². The van der Waals surface area contributed by atoms with Crippen LogP contribution in [0.4, 0.5) is 0 Å². The van der Waals surface area contributed by atoms with Gasteiger partial charge in [-0.3, -0.25) is 19.3 Å². The number of fused-ring (bicyclic) bond motifs is 1. The van der Waals surface area contributed by atoms with Crippen LogP contribution in [-0.2, 0) is 4.79 Å². The number of hydrogen-bond acceptors (Lipinski definition) is 4. The summed E-state index contributed by atoms with van der Waals surface area (Å²) in [6.07, 6.45) is 0.775. The number of imide groups is 1. The average molecular weight is 394 g/mol. The second-order valence-corrected chi connectivity index (χ2v) is 7.44. The van der Waals surface area contributed by atoms with E-state index in [4.69, 9.17) is 4.74 Å². The Labute approximate surface area is 170 Å². The second kappa shape index (κ2) is 8.90. The van der Waals surface area contributed by atoms with Crippen LogP contribution in [0.5, 0.6) is 5.75 Å². The Bertz CT molecular complexity index is 870. The molecule has 2 aromatic rings. The Morgan fingerprint density at radius 3 is 2.10 bits per heavy atom. The maximum atomic E-state index is 12.3. The van der Waals surface area contributed by atoms with Crippen molar-refractivity contribution < 1.29 is 19.1 Å². The van der Waals surface area contributed by atoms with Crippen LogP contribution in [0.1, 0.15) is 65.9 Å². The number of nitrogens with one attached hydrogen (secondary N) is 1. The molecule has 3 rings (SSSR count). The molecule has 0 saturated heterocycles. The minimum Gasteiger partial charge on any atom is -0.491 e. The fourth-order valence-electron chi connectivity index (χ4n) is 3.34. The van der Waals surface area contributed by atoms with E-state index in [9.17, 15) is 14.4 Å². The van der Waals surface area contributed by atoms with Gasteiger partial charge in [0.25, 0.3) is 11.8 Å². The molecule has 0 spiro atoms. The van der Waals surface area contributed by atoms with Crippen molar-refractivity contribution in [2.75, 3.05) is 6.54 Å². The first-order valence-electron chi connectivity index (χ1n) is 9.88. The van der Waals surface area contributed by atoms with Crippen LogP contribution < -0.4 is 10.1 Å². The van der Waals surface area contributed by atoms with Gasteiger partial charge in [-0.15, -0.1) is 0 Å². The fourth-order valence-corrected chi connectivity index (χ4v) is 3.34. The molecule has 1 N–H and O–H groups in total. The number of amides is 3. The van der Waals surface area contributed by atoms with Crippen LogP contribution in [-0.4, -0.2) is 35.3 Å². The van der Waals surface area contributed by atoms with E-state index in [2.05, 4.69) is 5.32 Å². The van der Waals surface area contributed by atoms with Gasteiger partial charge < -0.3 is 10.1 Å². The molecule has 0 radical (unpaired) electrons. The maximum absolute atomic E-state index is 12.3. The number of ether oxygens (including phenoxy) is 1. The highest BCUT2D eigenvalue weighted by molar-refractivity contribution is 6.21. The largest absolute Gasteiger partial charge is 0.491 e. The van der Waals surface area contributed by atoms with Crippen molar-refractivity contribution in [1.82, 2.24) is 10.2 Å². The third kappa shape index (κ3) is 4.83. The molecule has 0 aliphatic carbocycles. The summed E-state index contributed by atoms with van der Waals surface area (Å²) in [7, 11) is 0. The molecular weight excluding hydrogens is 368 g/mol. The molecule has 3 amide bonds. The van der Waals surface area contributed by atoms with Gasteiger partial charge in [-0.25, -0.2) is 0 Å². The number of carbonyl (C=O) groups is 3. The summed E-state index contributed by atoms with van der Waals surface area (Å²) in [5, 5.41) is 2.95. The highest BCUT2D eigenvalue weighted by atomic mass is 16.5. The number of hydrogen-bond donors (Lipinski definition) is 1. The van der Waals surface area contributed by atoms with Crippen LogP contribution in [0.3, 0.4) is 0 Å². The first-order chi connectivity index (χ1) is 13.9. The molecule has 152 valence electrons. The lowest BCUT2D eigenvalue weighted by Crippen LogP contribution is -2.32. The van der Waals surface area contributed by atoms with E-state index >= 15 is 0 Å². The van der Waals surface area contributed by atoms with Gasteiger partial charge in [0, 0.05) is 13.0 Å². The molecule has 2 aromatic carbocycles. The van der Waals surface area contributed by atoms with Crippen LogP contribution in [0.15, 0.2) is 48.5 Å². The molecule has 6 nitrogen and oxygen atoms in total. The molecule has 1 heterocycles. The van der Waals surface area contributed by atoms with Gasteiger partial charge in [0.2, 0.25) is 5.91 Å². The molecule has 0 fully saturated rings. The molecule has 29 heavy (non-hydrogen) atoms. The van der Waals surface area contributed by atoms with Crippen LogP contribution in [0.2, 0.25) is 0 Å². The molecule has 1 aliphatic rings. The Kier molecular flexibility index (Phi) is 6.32. The average Bonchev–Trinajstić information content (AvgIpc) is 2.93. The molecule has 0 bridgehead atoms. The number of rotatable bonds is 8. The third-order valence-electron chi connectivity index (χ3n) is 4.79. The Morgan fingerprint density at radius 1 is 0.966 bits per heavy atom. The molecule has 1 atom stereocenters. The van der Waals surface area contributed by atoms with Gasteiger partial charge in [-0.2, -0.15) is 0 Å². The molecular formula is C23H26N2O4. The van der Waals surface area contributed by atoms with E-state index in [1.807, 2.05) is 45.0 Å². The predicted octanol–water partition coefficient (Wildman–Crippen LogP) is 3.73. The quantitative estimate of drug-likeness (QED) is 0.692. The van der Waals surface area contributed by atoms with Crippen molar-refractivity contribution in [3.8, 4) is 5.75 Å². The number of nitrogens with zero attached hydrogens (tertiary/aromatic N) is 1. The molecule has 0 aromatic heterocycles. The molecule has 6 heteroatoms. The van der Waals surface area contributed by atoms with Crippen molar-refractivity contribution >= 4 is 17.7 Å².